The van der Waals surface area contributed by atoms with E-state index in [2.05, 4.69) is 28.5 Å². The maximum Gasteiger partial charge on any atom is 0.169 e. The zero-order chi connectivity index (χ0) is 11.8. The van der Waals surface area contributed by atoms with Gasteiger partial charge in [0, 0.05) is 17.7 Å². The molecular weight excluding hydrogens is 202 g/mol. The van der Waals surface area contributed by atoms with E-state index in [0.717, 1.165) is 31.7 Å². The molecule has 0 saturated carbocycles. The number of aromatic nitrogens is 1. The van der Waals surface area contributed by atoms with Crippen LogP contribution in [0.1, 0.15) is 19.4 Å². The Bertz CT molecular complexity index is 318. The summed E-state index contributed by atoms with van der Waals surface area (Å²) in [5, 5.41) is 11.4. The molecule has 0 aliphatic carbocycles. The van der Waals surface area contributed by atoms with Gasteiger partial charge in [-0.3, -0.25) is 4.90 Å². The fraction of sp³-hybridized carbons (Fsp3) is 0.500. The third-order valence-electron chi connectivity index (χ3n) is 2.69. The molecule has 0 aliphatic rings. The average molecular weight is 222 g/mol. The van der Waals surface area contributed by atoms with Crippen molar-refractivity contribution in [2.24, 2.45) is 5.16 Å². The lowest BCUT2D eigenvalue weighted by atomic mass is 10.3. The summed E-state index contributed by atoms with van der Waals surface area (Å²) in [7, 11) is 0. The second-order valence-electron chi connectivity index (χ2n) is 3.64. The van der Waals surface area contributed by atoms with Gasteiger partial charge in [0.05, 0.1) is 12.8 Å². The molecule has 0 aromatic carbocycles. The summed E-state index contributed by atoms with van der Waals surface area (Å²) < 4.78 is 2.13. The van der Waals surface area contributed by atoms with Crippen LogP contribution in [0.2, 0.25) is 0 Å². The largest absolute Gasteiger partial charge is 0.411 e. The smallest absolute Gasteiger partial charge is 0.169 e. The first-order valence-electron chi connectivity index (χ1n) is 5.69. The minimum absolute atomic E-state index is 0.904. The van der Waals surface area contributed by atoms with Gasteiger partial charge in [0.2, 0.25) is 0 Å². The van der Waals surface area contributed by atoms with Gasteiger partial charge in [-0.15, -0.1) is 0 Å². The second kappa shape index (κ2) is 6.95. The fourth-order valence-corrected chi connectivity index (χ4v) is 1.57. The first kappa shape index (κ1) is 12.6. The van der Waals surface area contributed by atoms with Crippen molar-refractivity contribution in [3.8, 4) is 0 Å². The van der Waals surface area contributed by atoms with Gasteiger partial charge in [-0.05, 0) is 13.1 Å². The minimum atomic E-state index is 0.904. The van der Waals surface area contributed by atoms with E-state index in [0.29, 0.717) is 0 Å². The SMILES string of the molecule is CCN(CC)CC[n+]1ccc(/C=N\O)cc1. The highest BCUT2D eigenvalue weighted by atomic mass is 16.4. The van der Waals surface area contributed by atoms with Crippen molar-refractivity contribution in [2.75, 3.05) is 19.6 Å². The molecule has 1 aromatic rings. The van der Waals surface area contributed by atoms with Gasteiger partial charge >= 0.3 is 0 Å². The molecule has 0 bridgehead atoms. The Balaban J connectivity index is 2.48. The van der Waals surface area contributed by atoms with Gasteiger partial charge in [-0.2, -0.15) is 0 Å². The molecule has 0 radical (unpaired) electrons. The number of pyridine rings is 1. The molecule has 0 unspecified atom stereocenters. The van der Waals surface area contributed by atoms with Crippen LogP contribution < -0.4 is 4.57 Å². The first-order chi connectivity index (χ1) is 7.80. The first-order valence-corrected chi connectivity index (χ1v) is 5.69. The molecule has 1 rings (SSSR count). The number of hydrogen-bond donors (Lipinski definition) is 1. The van der Waals surface area contributed by atoms with E-state index in [1.165, 1.54) is 6.21 Å². The van der Waals surface area contributed by atoms with E-state index in [1.54, 1.807) is 0 Å². The molecule has 0 spiro atoms. The van der Waals surface area contributed by atoms with Crippen molar-refractivity contribution >= 4 is 6.21 Å². The van der Waals surface area contributed by atoms with Crippen molar-refractivity contribution in [3.63, 3.8) is 0 Å². The van der Waals surface area contributed by atoms with E-state index in [4.69, 9.17) is 5.21 Å². The molecule has 4 heteroatoms. The van der Waals surface area contributed by atoms with E-state index in [1.807, 2.05) is 24.5 Å². The number of nitrogens with zero attached hydrogens (tertiary/aromatic N) is 3. The molecule has 1 heterocycles. The molecule has 0 amide bonds. The van der Waals surface area contributed by atoms with Crippen molar-refractivity contribution < 1.29 is 9.77 Å². The topological polar surface area (TPSA) is 39.7 Å². The summed E-state index contributed by atoms with van der Waals surface area (Å²) >= 11 is 0. The Morgan fingerprint density at radius 1 is 1.31 bits per heavy atom. The third kappa shape index (κ3) is 3.98. The van der Waals surface area contributed by atoms with Crippen molar-refractivity contribution in [1.82, 2.24) is 4.90 Å². The quantitative estimate of drug-likeness (QED) is 0.339. The Morgan fingerprint density at radius 3 is 2.44 bits per heavy atom. The van der Waals surface area contributed by atoms with Crippen molar-refractivity contribution in [2.45, 2.75) is 20.4 Å². The minimum Gasteiger partial charge on any atom is -0.411 e. The van der Waals surface area contributed by atoms with Crippen molar-refractivity contribution in [3.05, 3.63) is 30.1 Å². The standard InChI is InChI=1S/C12H19N3O/c1-3-14(4-2)9-10-15-7-5-12(6-8-15)11-13-16/h5-8,11H,3-4,9-10H2,1-2H3/p+1. The number of rotatable bonds is 6. The number of hydrogen-bond acceptors (Lipinski definition) is 3. The van der Waals surface area contributed by atoms with Gasteiger partial charge in [0.25, 0.3) is 0 Å². The van der Waals surface area contributed by atoms with Crippen LogP contribution in [0, 0.1) is 0 Å². The van der Waals surface area contributed by atoms with Crippen LogP contribution in [0.4, 0.5) is 0 Å². The van der Waals surface area contributed by atoms with Gasteiger partial charge < -0.3 is 5.21 Å². The molecule has 16 heavy (non-hydrogen) atoms. The highest BCUT2D eigenvalue weighted by Gasteiger charge is 2.04. The van der Waals surface area contributed by atoms with E-state index in [-0.39, 0.29) is 0 Å². The maximum absolute atomic E-state index is 8.38. The molecule has 4 nitrogen and oxygen atoms in total. The summed E-state index contributed by atoms with van der Waals surface area (Å²) in [5.74, 6) is 0. The molecule has 0 fully saturated rings. The van der Waals surface area contributed by atoms with Crippen molar-refractivity contribution in [1.29, 1.82) is 0 Å². The molecule has 0 aliphatic heterocycles. The predicted molar refractivity (Wildman–Crippen MR) is 63.8 cm³/mol. The van der Waals surface area contributed by atoms with Gasteiger partial charge in [-0.1, -0.05) is 19.0 Å². The highest BCUT2D eigenvalue weighted by Crippen LogP contribution is 1.91. The number of likely N-dealkylation sites (N-methyl/N-ethyl adjacent to an activating group) is 1. The van der Waals surface area contributed by atoms with Gasteiger partial charge in [0.15, 0.2) is 18.9 Å². The number of oxime groups is 1. The lowest BCUT2D eigenvalue weighted by Gasteiger charge is -2.15. The summed E-state index contributed by atoms with van der Waals surface area (Å²) in [5.41, 5.74) is 0.904. The lowest BCUT2D eigenvalue weighted by Crippen LogP contribution is -2.40. The van der Waals surface area contributed by atoms with Crippen LogP contribution in [0.15, 0.2) is 29.7 Å². The second-order valence-corrected chi connectivity index (χ2v) is 3.64. The van der Waals surface area contributed by atoms with E-state index < -0.39 is 0 Å². The normalized spacial score (nSPS) is 11.4. The average Bonchev–Trinajstić information content (AvgIpc) is 2.33. The molecule has 0 atom stereocenters. The molecule has 0 saturated heterocycles. The van der Waals surface area contributed by atoms with Crippen LogP contribution >= 0.6 is 0 Å². The summed E-state index contributed by atoms with van der Waals surface area (Å²) in [6, 6.07) is 3.86. The van der Waals surface area contributed by atoms with E-state index in [9.17, 15) is 0 Å². The van der Waals surface area contributed by atoms with Crippen LogP contribution in [0.5, 0.6) is 0 Å². The summed E-state index contributed by atoms with van der Waals surface area (Å²) in [6.45, 7) is 8.58. The monoisotopic (exact) mass is 222 g/mol. The van der Waals surface area contributed by atoms with Crippen LogP contribution in [0.25, 0.3) is 0 Å². The molecular formula is C12H20N3O+. The zero-order valence-electron chi connectivity index (χ0n) is 10.0. The van der Waals surface area contributed by atoms with E-state index >= 15 is 0 Å². The fourth-order valence-electron chi connectivity index (χ4n) is 1.57. The molecule has 1 N–H and O–H groups in total. The Kier molecular flexibility index (Phi) is 5.50. The highest BCUT2D eigenvalue weighted by molar-refractivity contribution is 5.78. The Morgan fingerprint density at radius 2 is 1.94 bits per heavy atom. The summed E-state index contributed by atoms with van der Waals surface area (Å²) in [4.78, 5) is 2.39. The maximum atomic E-state index is 8.38. The lowest BCUT2D eigenvalue weighted by molar-refractivity contribution is -0.696. The zero-order valence-corrected chi connectivity index (χ0v) is 10.0. The Labute approximate surface area is 96.8 Å². The molecule has 1 aromatic heterocycles. The van der Waals surface area contributed by atoms with Gasteiger partial charge in [0.1, 0.15) is 0 Å². The Hall–Kier alpha value is -1.42. The summed E-state index contributed by atoms with van der Waals surface area (Å²) in [6.07, 6.45) is 5.43. The van der Waals surface area contributed by atoms with Gasteiger partial charge in [-0.25, -0.2) is 4.57 Å². The molecule has 88 valence electrons. The van der Waals surface area contributed by atoms with Crippen LogP contribution in [-0.4, -0.2) is 36.0 Å². The third-order valence-corrected chi connectivity index (χ3v) is 2.69. The predicted octanol–water partition coefficient (Wildman–Crippen LogP) is 1.12. The van der Waals surface area contributed by atoms with Crippen LogP contribution in [-0.2, 0) is 6.54 Å². The van der Waals surface area contributed by atoms with Crippen LogP contribution in [0.3, 0.4) is 0 Å².